The van der Waals surface area contributed by atoms with Gasteiger partial charge in [0.05, 0.1) is 12.1 Å². The van der Waals surface area contributed by atoms with Crippen LogP contribution in [0.25, 0.3) is 5.57 Å². The van der Waals surface area contributed by atoms with E-state index in [9.17, 15) is 14.3 Å². The molecule has 0 amide bonds. The first-order valence-electron chi connectivity index (χ1n) is 8.57. The maximum Gasteiger partial charge on any atom is 0.309 e. The van der Waals surface area contributed by atoms with Crippen LogP contribution in [0.1, 0.15) is 28.7 Å². The SMILES string of the molecule is Cn1ccc(C2=C(CC(=O)O)NC(c3nccs3)=NC2c2ccc(F)cc2Cl)n1. The van der Waals surface area contributed by atoms with Crippen molar-refractivity contribution in [3.8, 4) is 0 Å². The van der Waals surface area contributed by atoms with Gasteiger partial charge in [-0.15, -0.1) is 11.3 Å². The predicted octanol–water partition coefficient (Wildman–Crippen LogP) is 3.65. The first-order chi connectivity index (χ1) is 13.9. The van der Waals surface area contributed by atoms with Crippen LogP contribution in [-0.4, -0.2) is 31.7 Å². The Hall–Kier alpha value is -3.04. The smallest absolute Gasteiger partial charge is 0.309 e. The fourth-order valence-electron chi connectivity index (χ4n) is 3.14. The number of amidine groups is 1. The Morgan fingerprint density at radius 3 is 2.86 bits per heavy atom. The quantitative estimate of drug-likeness (QED) is 0.643. The van der Waals surface area contributed by atoms with Gasteiger partial charge in [-0.05, 0) is 18.2 Å². The highest BCUT2D eigenvalue weighted by atomic mass is 35.5. The normalized spacial score (nSPS) is 16.5. The summed E-state index contributed by atoms with van der Waals surface area (Å²) >= 11 is 7.71. The van der Waals surface area contributed by atoms with Crippen LogP contribution in [0.3, 0.4) is 0 Å². The third-order valence-electron chi connectivity index (χ3n) is 4.34. The zero-order valence-corrected chi connectivity index (χ0v) is 16.7. The van der Waals surface area contributed by atoms with Gasteiger partial charge in [-0.1, -0.05) is 17.7 Å². The molecule has 3 heterocycles. The second-order valence-corrected chi connectivity index (χ2v) is 7.65. The third kappa shape index (κ3) is 3.92. The van der Waals surface area contributed by atoms with Gasteiger partial charge in [-0.25, -0.2) is 9.37 Å². The lowest BCUT2D eigenvalue weighted by Crippen LogP contribution is -2.32. The number of aryl methyl sites for hydroxylation is 1. The number of hydrogen-bond acceptors (Lipinski definition) is 6. The molecule has 148 valence electrons. The van der Waals surface area contributed by atoms with Crippen molar-refractivity contribution in [3.05, 3.63) is 74.8 Å². The van der Waals surface area contributed by atoms with Gasteiger partial charge in [-0.2, -0.15) is 5.10 Å². The lowest BCUT2D eigenvalue weighted by molar-refractivity contribution is -0.136. The predicted molar refractivity (Wildman–Crippen MR) is 108 cm³/mol. The van der Waals surface area contributed by atoms with Crippen LogP contribution in [0, 0.1) is 5.82 Å². The third-order valence-corrected chi connectivity index (χ3v) is 5.44. The molecule has 7 nitrogen and oxygen atoms in total. The minimum absolute atomic E-state index is 0.197. The number of carbonyl (C=O) groups is 1. The molecule has 2 N–H and O–H groups in total. The van der Waals surface area contributed by atoms with Crippen molar-refractivity contribution in [1.29, 1.82) is 0 Å². The summed E-state index contributed by atoms with van der Waals surface area (Å²) in [6.07, 6.45) is 3.12. The van der Waals surface area contributed by atoms with Gasteiger partial charge >= 0.3 is 5.97 Å². The fourth-order valence-corrected chi connectivity index (χ4v) is 4.00. The molecule has 29 heavy (non-hydrogen) atoms. The van der Waals surface area contributed by atoms with Crippen molar-refractivity contribution in [2.75, 3.05) is 0 Å². The van der Waals surface area contributed by atoms with E-state index in [4.69, 9.17) is 16.6 Å². The van der Waals surface area contributed by atoms with E-state index in [-0.39, 0.29) is 11.4 Å². The van der Waals surface area contributed by atoms with Gasteiger partial charge in [0.2, 0.25) is 0 Å². The molecule has 0 bridgehead atoms. The minimum Gasteiger partial charge on any atom is -0.481 e. The Balaban J connectivity index is 1.93. The maximum atomic E-state index is 13.6. The van der Waals surface area contributed by atoms with Crippen LogP contribution in [-0.2, 0) is 11.8 Å². The van der Waals surface area contributed by atoms with Crippen LogP contribution in [0.2, 0.25) is 5.02 Å². The molecule has 4 rings (SSSR count). The number of rotatable bonds is 5. The van der Waals surface area contributed by atoms with Crippen LogP contribution in [0.15, 0.2) is 52.7 Å². The number of aliphatic carboxylic acids is 1. The Kier molecular flexibility index (Phi) is 5.16. The van der Waals surface area contributed by atoms with E-state index in [1.54, 1.807) is 41.6 Å². The second-order valence-electron chi connectivity index (χ2n) is 6.35. The van der Waals surface area contributed by atoms with Crippen molar-refractivity contribution >= 4 is 40.3 Å². The molecule has 0 saturated heterocycles. The largest absolute Gasteiger partial charge is 0.481 e. The first-order valence-corrected chi connectivity index (χ1v) is 9.82. The van der Waals surface area contributed by atoms with Gasteiger partial charge < -0.3 is 10.4 Å². The highest BCUT2D eigenvalue weighted by molar-refractivity contribution is 7.11. The number of aromatic nitrogens is 3. The number of aliphatic imine (C=N–C) groups is 1. The highest BCUT2D eigenvalue weighted by Gasteiger charge is 2.31. The molecule has 0 saturated carbocycles. The van der Waals surface area contributed by atoms with Gasteiger partial charge in [0, 0.05) is 46.7 Å². The lowest BCUT2D eigenvalue weighted by Gasteiger charge is -2.27. The van der Waals surface area contributed by atoms with Crippen molar-refractivity contribution in [2.24, 2.45) is 12.0 Å². The van der Waals surface area contributed by atoms with Crippen molar-refractivity contribution in [3.63, 3.8) is 0 Å². The van der Waals surface area contributed by atoms with E-state index in [2.05, 4.69) is 15.4 Å². The highest BCUT2D eigenvalue weighted by Crippen LogP contribution is 2.41. The molecule has 3 aromatic rings. The van der Waals surface area contributed by atoms with Crippen LogP contribution < -0.4 is 5.32 Å². The summed E-state index contributed by atoms with van der Waals surface area (Å²) in [6, 6.07) is 5.16. The summed E-state index contributed by atoms with van der Waals surface area (Å²) in [5.41, 5.74) is 2.11. The van der Waals surface area contributed by atoms with Gasteiger partial charge in [0.1, 0.15) is 11.9 Å². The summed E-state index contributed by atoms with van der Waals surface area (Å²) in [7, 11) is 1.77. The Labute approximate surface area is 174 Å². The van der Waals surface area contributed by atoms with Gasteiger partial charge in [0.15, 0.2) is 10.8 Å². The average molecular weight is 432 g/mol. The zero-order chi connectivity index (χ0) is 20.5. The van der Waals surface area contributed by atoms with E-state index in [1.165, 1.54) is 23.5 Å². The van der Waals surface area contributed by atoms with Crippen molar-refractivity contribution in [1.82, 2.24) is 20.1 Å². The molecule has 0 spiro atoms. The molecule has 0 radical (unpaired) electrons. The number of halogens is 2. The Bertz CT molecular complexity index is 1140. The van der Waals surface area contributed by atoms with Crippen molar-refractivity contribution in [2.45, 2.75) is 12.5 Å². The Morgan fingerprint density at radius 1 is 1.41 bits per heavy atom. The van der Waals surface area contributed by atoms with Gasteiger partial charge in [0.25, 0.3) is 0 Å². The van der Waals surface area contributed by atoms with E-state index >= 15 is 0 Å². The summed E-state index contributed by atoms with van der Waals surface area (Å²) in [5.74, 6) is -1.04. The summed E-state index contributed by atoms with van der Waals surface area (Å²) in [4.78, 5) is 20.6. The van der Waals surface area contributed by atoms with E-state index in [1.807, 2.05) is 0 Å². The first kappa shape index (κ1) is 19.3. The number of thiazole rings is 1. The van der Waals surface area contributed by atoms with Crippen LogP contribution in [0.4, 0.5) is 4.39 Å². The van der Waals surface area contributed by atoms with Crippen LogP contribution >= 0.6 is 22.9 Å². The molecular formula is C19H15ClFN5O2S. The molecule has 2 aromatic heterocycles. The molecule has 0 aliphatic carbocycles. The monoisotopic (exact) mass is 431 g/mol. The van der Waals surface area contributed by atoms with Crippen molar-refractivity contribution < 1.29 is 14.3 Å². The fraction of sp³-hybridized carbons (Fsp3) is 0.158. The van der Waals surface area contributed by atoms with E-state index in [0.717, 1.165) is 0 Å². The number of carboxylic acid groups (broad SMARTS) is 1. The van der Waals surface area contributed by atoms with E-state index in [0.29, 0.717) is 33.4 Å². The summed E-state index contributed by atoms with van der Waals surface area (Å²) in [5, 5.41) is 19.6. The van der Waals surface area contributed by atoms with Gasteiger partial charge in [-0.3, -0.25) is 14.5 Å². The molecule has 1 unspecified atom stereocenters. The number of carboxylic acids is 1. The Morgan fingerprint density at radius 2 is 2.24 bits per heavy atom. The number of benzene rings is 1. The summed E-state index contributed by atoms with van der Waals surface area (Å²) < 4.78 is 15.3. The molecule has 0 fully saturated rings. The van der Waals surface area contributed by atoms with Crippen LogP contribution in [0.5, 0.6) is 0 Å². The zero-order valence-electron chi connectivity index (χ0n) is 15.1. The number of nitrogens with zero attached hydrogens (tertiary/aromatic N) is 4. The standard InChI is InChI=1S/C19H15ClFN5O2S/c1-26-6-4-13(25-26)16-14(9-15(27)28)23-18(19-22-5-7-29-19)24-17(16)11-3-2-10(21)8-12(11)20/h2-8,17H,9H2,1H3,(H,23,24)(H,27,28). The lowest BCUT2D eigenvalue weighted by atomic mass is 9.92. The molecule has 1 aliphatic rings. The molecule has 10 heteroatoms. The number of hydrogen-bond donors (Lipinski definition) is 2. The summed E-state index contributed by atoms with van der Waals surface area (Å²) in [6.45, 7) is 0. The average Bonchev–Trinajstić information content (AvgIpc) is 3.32. The topological polar surface area (TPSA) is 92.4 Å². The molecular weight excluding hydrogens is 417 g/mol. The molecule has 1 atom stereocenters. The maximum absolute atomic E-state index is 13.6. The number of nitrogens with one attached hydrogen (secondary N) is 1. The molecule has 1 aliphatic heterocycles. The van der Waals surface area contributed by atoms with E-state index < -0.39 is 17.8 Å². The second kappa shape index (κ2) is 7.76. The minimum atomic E-state index is -1.01. The molecule has 1 aromatic carbocycles.